The summed E-state index contributed by atoms with van der Waals surface area (Å²) < 4.78 is 49.4. The van der Waals surface area contributed by atoms with Crippen LogP contribution in [0.25, 0.3) is 0 Å². The van der Waals surface area contributed by atoms with Gasteiger partial charge in [-0.15, -0.1) is 0 Å². The third-order valence-corrected chi connectivity index (χ3v) is 2.73. The van der Waals surface area contributed by atoms with Gasteiger partial charge in [0.2, 0.25) is 0 Å². The number of ether oxygens (including phenoxy) is 2. The molecule has 8 heteroatoms. The first-order valence-corrected chi connectivity index (χ1v) is 7.72. The van der Waals surface area contributed by atoms with E-state index in [-0.39, 0.29) is 6.10 Å². The van der Waals surface area contributed by atoms with Gasteiger partial charge in [0.25, 0.3) is 0 Å². The Bertz CT molecular complexity index is 584. The van der Waals surface area contributed by atoms with Gasteiger partial charge in [0.15, 0.2) is 0 Å². The molecular weight excluding hydrogens is 404 g/mol. The van der Waals surface area contributed by atoms with Crippen molar-refractivity contribution in [3.8, 4) is 11.8 Å². The first-order chi connectivity index (χ1) is 13.7. The van der Waals surface area contributed by atoms with Crippen molar-refractivity contribution in [2.75, 3.05) is 13.2 Å². The average Bonchev–Trinajstić information content (AvgIpc) is 2.82. The van der Waals surface area contributed by atoms with Crippen LogP contribution < -0.4 is 0 Å². The summed E-state index contributed by atoms with van der Waals surface area (Å²) >= 11 is 2.93. The summed E-state index contributed by atoms with van der Waals surface area (Å²) in [6.45, 7) is 27.5. The van der Waals surface area contributed by atoms with Crippen molar-refractivity contribution < 1.29 is 48.6 Å². The zero-order valence-electron chi connectivity index (χ0n) is 15.4. The summed E-state index contributed by atoms with van der Waals surface area (Å²) in [6.07, 6.45) is 0.828. The van der Waals surface area contributed by atoms with Gasteiger partial charge in [-0.3, -0.25) is 0 Å². The number of hydrogen-bond acceptors (Lipinski definition) is 2. The quantitative estimate of drug-likeness (QED) is 0.303. The fourth-order valence-corrected chi connectivity index (χ4v) is 1.65. The zero-order valence-corrected chi connectivity index (χ0v) is 16.6. The molecule has 0 aliphatic heterocycles. The van der Waals surface area contributed by atoms with Crippen molar-refractivity contribution in [1.29, 1.82) is 0 Å². The van der Waals surface area contributed by atoms with Gasteiger partial charge in [-0.1, -0.05) is 0 Å². The molecule has 0 bridgehead atoms. The van der Waals surface area contributed by atoms with E-state index >= 15 is 0 Å². The van der Waals surface area contributed by atoms with Crippen LogP contribution in [0.2, 0.25) is 0 Å². The van der Waals surface area contributed by atoms with Gasteiger partial charge in [-0.05, 0) is 0 Å². The maximum atomic E-state index is 7.50. The zero-order chi connectivity index (χ0) is 23.2. The molecule has 0 aromatic heterocycles. The summed E-state index contributed by atoms with van der Waals surface area (Å²) in [7, 11) is 0. The first kappa shape index (κ1) is 36.7. The van der Waals surface area contributed by atoms with E-state index < -0.39 is 0 Å². The summed E-state index contributed by atoms with van der Waals surface area (Å²) in [5, 5.41) is 0. The van der Waals surface area contributed by atoms with Gasteiger partial charge in [0, 0.05) is 0 Å². The number of benzene rings is 1. The van der Waals surface area contributed by atoms with Crippen LogP contribution in [0.4, 0.5) is 0 Å². The second-order valence-electron chi connectivity index (χ2n) is 3.69. The molecule has 1 atom stereocenters. The van der Waals surface area contributed by atoms with Crippen LogP contribution in [-0.2, 0) is 48.6 Å². The van der Waals surface area contributed by atoms with E-state index in [0.29, 0.717) is 13.2 Å². The number of rotatable bonds is 6. The Kier molecular flexibility index (Phi) is 52.1. The van der Waals surface area contributed by atoms with Crippen molar-refractivity contribution in [2.45, 2.75) is 26.4 Å². The van der Waals surface area contributed by atoms with Crippen LogP contribution >= 0.6 is 0 Å². The topological polar surface area (TPSA) is 118 Å². The molecule has 0 N–H and O–H groups in total. The Hall–Kier alpha value is -2.20. The Labute approximate surface area is 174 Å². The summed E-state index contributed by atoms with van der Waals surface area (Å²) in [5.74, 6) is 6.01. The molecule has 28 heavy (non-hydrogen) atoms. The Balaban J connectivity index is -0.000000153. The van der Waals surface area contributed by atoms with Gasteiger partial charge in [-0.2, -0.15) is 0 Å². The molecule has 0 saturated carbocycles. The molecule has 0 aliphatic rings. The van der Waals surface area contributed by atoms with Gasteiger partial charge >= 0.3 is 174 Å². The van der Waals surface area contributed by atoms with Crippen molar-refractivity contribution >= 4 is 4.57 Å². The molecule has 1 rings (SSSR count). The van der Waals surface area contributed by atoms with Crippen molar-refractivity contribution in [3.05, 3.63) is 69.1 Å². The minimum atomic E-state index is -0.0328. The summed E-state index contributed by atoms with van der Waals surface area (Å²) in [6, 6.07) is 9.95. The van der Waals surface area contributed by atoms with E-state index in [2.05, 4.69) is 60.9 Å². The second-order valence-corrected chi connectivity index (χ2v) is 4.27. The average molecular weight is 422 g/mol. The van der Waals surface area contributed by atoms with E-state index in [4.69, 9.17) is 32.7 Å². The first-order valence-electron chi connectivity index (χ1n) is 7.08. The normalized spacial score (nSPS) is 7.71. The monoisotopic (exact) mass is 422 g/mol. The van der Waals surface area contributed by atoms with E-state index in [0.717, 1.165) is 16.6 Å². The molecule has 1 aromatic rings. The molecule has 7 nitrogen and oxygen atoms in total. The Morgan fingerprint density at radius 2 is 1.39 bits per heavy atom. The van der Waals surface area contributed by atoms with E-state index in [9.17, 15) is 0 Å². The molecule has 0 heterocycles. The van der Waals surface area contributed by atoms with Crippen LogP contribution in [0.1, 0.15) is 25.8 Å². The van der Waals surface area contributed by atoms with Crippen LogP contribution in [-0.4, -0.2) is 23.9 Å². The fourth-order valence-electron chi connectivity index (χ4n) is 1.30. The van der Waals surface area contributed by atoms with Gasteiger partial charge in [0.05, 0.1) is 0 Å². The van der Waals surface area contributed by atoms with E-state index in [1.807, 2.05) is 44.2 Å². The standard InChI is InChI=1S/C15H18O2.5CO.Cr/c1-3-4-8-14(2)17-12-11-16-13-15-9-6-5-7-10-15;5*1-2;/h5-7,9-10,14H,3,11-12H2,1-2H3;;;;;;. The Morgan fingerprint density at radius 3 is 1.82 bits per heavy atom. The molecule has 0 radical (unpaired) electrons. The third kappa shape index (κ3) is 28.6. The van der Waals surface area contributed by atoms with E-state index in [1.54, 1.807) is 0 Å². The fraction of sp³-hybridized carbons (Fsp3) is 0.300. The molecule has 0 fully saturated rings. The molecule has 1 unspecified atom stereocenters. The van der Waals surface area contributed by atoms with Crippen molar-refractivity contribution in [3.63, 3.8) is 0 Å². The van der Waals surface area contributed by atoms with Crippen molar-refractivity contribution in [2.24, 2.45) is 0 Å². The van der Waals surface area contributed by atoms with Crippen molar-refractivity contribution in [1.82, 2.24) is 0 Å². The van der Waals surface area contributed by atoms with E-state index in [1.165, 1.54) is 0 Å². The predicted octanol–water partition coefficient (Wildman–Crippen LogP) is 2.36. The third-order valence-electron chi connectivity index (χ3n) is 2.18. The van der Waals surface area contributed by atoms with Crippen LogP contribution in [0.5, 0.6) is 0 Å². The Morgan fingerprint density at radius 1 is 0.929 bits per heavy atom. The summed E-state index contributed by atoms with van der Waals surface area (Å²) in [5.41, 5.74) is 1.05. The molecule has 0 spiro atoms. The second kappa shape index (κ2) is 39.7. The van der Waals surface area contributed by atoms with Gasteiger partial charge < -0.3 is 0 Å². The van der Waals surface area contributed by atoms with Crippen LogP contribution in [0.15, 0.2) is 30.3 Å². The SMILES string of the molecule is CCC#CC(C)OCCO[C](=[Cr])c1ccccc1.[C-]#[O+].[C-]#[O+].[C-]#[O+].[C-]#[O+].[C-]#[O+]. The predicted molar refractivity (Wildman–Crippen MR) is 89.6 cm³/mol. The molecule has 1 aromatic carbocycles. The molecule has 146 valence electrons. The molecule has 0 amide bonds. The minimum absolute atomic E-state index is 0.0328. The van der Waals surface area contributed by atoms with Crippen LogP contribution in [0.3, 0.4) is 0 Å². The van der Waals surface area contributed by atoms with Gasteiger partial charge in [-0.25, -0.2) is 0 Å². The maximum absolute atomic E-state index is 7.50. The van der Waals surface area contributed by atoms with Crippen LogP contribution in [0, 0.1) is 45.1 Å². The molecule has 0 aliphatic carbocycles. The molecular formula is C20H18CrO7. The molecule has 0 saturated heterocycles. The number of hydrogen-bond donors (Lipinski definition) is 0. The van der Waals surface area contributed by atoms with Gasteiger partial charge in [0.1, 0.15) is 0 Å². The summed E-state index contributed by atoms with van der Waals surface area (Å²) in [4.78, 5) is 0.